The second-order valence-electron chi connectivity index (χ2n) is 4.86. The number of rotatable bonds is 6. The summed E-state index contributed by atoms with van der Waals surface area (Å²) in [7, 11) is -3.23. The Kier molecular flexibility index (Phi) is 4.85. The minimum absolute atomic E-state index is 0.306. The predicted octanol–water partition coefficient (Wildman–Crippen LogP) is 2.89. The smallest absolute Gasteiger partial charge is 0.177 e. The van der Waals surface area contributed by atoms with Gasteiger partial charge in [0.05, 0.1) is 10.6 Å². The molecule has 21 heavy (non-hydrogen) atoms. The van der Waals surface area contributed by atoms with Crippen molar-refractivity contribution in [2.24, 2.45) is 0 Å². The molecule has 5 heteroatoms. The van der Waals surface area contributed by atoms with Crippen molar-refractivity contribution in [3.63, 3.8) is 0 Å². The summed E-state index contributed by atoms with van der Waals surface area (Å²) in [5.41, 5.74) is 1.75. The van der Waals surface area contributed by atoms with E-state index in [9.17, 15) is 8.42 Å². The number of ether oxygens (including phenoxy) is 1. The van der Waals surface area contributed by atoms with Crippen molar-refractivity contribution in [3.05, 3.63) is 54.1 Å². The van der Waals surface area contributed by atoms with Gasteiger partial charge in [-0.3, -0.25) is 0 Å². The Bertz CT molecular complexity index is 711. The lowest BCUT2D eigenvalue weighted by Crippen LogP contribution is -2.13. The number of hydrogen-bond donors (Lipinski definition) is 1. The summed E-state index contributed by atoms with van der Waals surface area (Å²) in [5, 5.41) is 3.10. The fourth-order valence-electron chi connectivity index (χ4n) is 2.00. The van der Waals surface area contributed by atoms with Gasteiger partial charge in [0.15, 0.2) is 9.84 Å². The number of anilines is 1. The first kappa shape index (κ1) is 15.4. The van der Waals surface area contributed by atoms with Crippen molar-refractivity contribution in [2.45, 2.75) is 11.8 Å². The van der Waals surface area contributed by atoms with Crippen LogP contribution < -0.4 is 10.1 Å². The van der Waals surface area contributed by atoms with E-state index in [0.29, 0.717) is 23.7 Å². The van der Waals surface area contributed by atoms with Gasteiger partial charge in [-0.25, -0.2) is 8.42 Å². The molecule has 0 saturated carbocycles. The zero-order valence-electron chi connectivity index (χ0n) is 12.2. The van der Waals surface area contributed by atoms with Crippen molar-refractivity contribution < 1.29 is 13.2 Å². The van der Waals surface area contributed by atoms with Gasteiger partial charge in [-0.05, 0) is 36.8 Å². The Hall–Kier alpha value is -2.01. The van der Waals surface area contributed by atoms with Gasteiger partial charge in [0.2, 0.25) is 0 Å². The van der Waals surface area contributed by atoms with Gasteiger partial charge in [0, 0.05) is 12.8 Å². The van der Waals surface area contributed by atoms with Crippen LogP contribution in [0.1, 0.15) is 5.56 Å². The molecular weight excluding hydrogens is 286 g/mol. The Morgan fingerprint density at radius 2 is 1.86 bits per heavy atom. The second kappa shape index (κ2) is 6.63. The molecule has 0 radical (unpaired) electrons. The molecule has 0 aliphatic carbocycles. The van der Waals surface area contributed by atoms with Crippen LogP contribution in [0.3, 0.4) is 0 Å². The van der Waals surface area contributed by atoms with Crippen LogP contribution in [0.4, 0.5) is 5.69 Å². The topological polar surface area (TPSA) is 55.4 Å². The van der Waals surface area contributed by atoms with Crippen LogP contribution in [-0.4, -0.2) is 27.8 Å². The largest absolute Gasteiger partial charge is 0.492 e. The average molecular weight is 305 g/mol. The highest BCUT2D eigenvalue weighted by atomic mass is 32.2. The standard InChI is InChI=1S/C16H19NO3S/c1-13-6-5-7-14(12-13)20-11-10-17-15-8-3-4-9-16(15)21(2,18)19/h3-9,12,17H,10-11H2,1-2H3. The van der Waals surface area contributed by atoms with Crippen LogP contribution >= 0.6 is 0 Å². The van der Waals surface area contributed by atoms with Gasteiger partial charge in [-0.2, -0.15) is 0 Å². The summed E-state index contributed by atoms with van der Waals surface area (Å²) in [4.78, 5) is 0.306. The Morgan fingerprint density at radius 3 is 2.57 bits per heavy atom. The maximum Gasteiger partial charge on any atom is 0.177 e. The van der Waals surface area contributed by atoms with E-state index in [4.69, 9.17) is 4.74 Å². The zero-order valence-corrected chi connectivity index (χ0v) is 13.0. The lowest BCUT2D eigenvalue weighted by Gasteiger charge is -2.11. The van der Waals surface area contributed by atoms with E-state index in [1.165, 1.54) is 6.26 Å². The Morgan fingerprint density at radius 1 is 1.10 bits per heavy atom. The highest BCUT2D eigenvalue weighted by Crippen LogP contribution is 2.20. The molecule has 0 amide bonds. The molecule has 0 heterocycles. The van der Waals surface area contributed by atoms with E-state index >= 15 is 0 Å². The van der Waals surface area contributed by atoms with E-state index in [-0.39, 0.29) is 0 Å². The van der Waals surface area contributed by atoms with Crippen LogP contribution in [0, 0.1) is 6.92 Å². The van der Waals surface area contributed by atoms with E-state index in [1.807, 2.05) is 31.2 Å². The van der Waals surface area contributed by atoms with Crippen molar-refractivity contribution in [2.75, 3.05) is 24.7 Å². The molecule has 0 fully saturated rings. The quantitative estimate of drug-likeness (QED) is 0.834. The fourth-order valence-corrected chi connectivity index (χ4v) is 2.86. The SMILES string of the molecule is Cc1cccc(OCCNc2ccccc2S(C)(=O)=O)c1. The maximum absolute atomic E-state index is 11.7. The fraction of sp³-hybridized carbons (Fsp3) is 0.250. The summed E-state index contributed by atoms with van der Waals surface area (Å²) in [6.45, 7) is 3.00. The molecule has 0 aliphatic rings. The van der Waals surface area contributed by atoms with Crippen LogP contribution in [0.2, 0.25) is 0 Å². The van der Waals surface area contributed by atoms with Crippen molar-refractivity contribution >= 4 is 15.5 Å². The summed E-state index contributed by atoms with van der Waals surface area (Å²) >= 11 is 0. The summed E-state index contributed by atoms with van der Waals surface area (Å²) in [5.74, 6) is 0.813. The molecule has 0 atom stereocenters. The number of para-hydroxylation sites is 1. The third kappa shape index (κ3) is 4.49. The van der Waals surface area contributed by atoms with Gasteiger partial charge in [0.1, 0.15) is 12.4 Å². The molecule has 0 saturated heterocycles. The van der Waals surface area contributed by atoms with Gasteiger partial charge in [0.25, 0.3) is 0 Å². The molecule has 0 aliphatic heterocycles. The summed E-state index contributed by atoms with van der Waals surface area (Å²) < 4.78 is 29.0. The highest BCUT2D eigenvalue weighted by molar-refractivity contribution is 7.90. The molecule has 2 aromatic carbocycles. The first-order valence-electron chi connectivity index (χ1n) is 6.69. The minimum atomic E-state index is -3.23. The molecule has 1 N–H and O–H groups in total. The Labute approximate surface area is 125 Å². The molecule has 2 rings (SSSR count). The number of benzene rings is 2. The molecule has 2 aromatic rings. The lowest BCUT2D eigenvalue weighted by molar-refractivity contribution is 0.332. The zero-order chi connectivity index (χ0) is 15.3. The third-order valence-corrected chi connectivity index (χ3v) is 4.12. The monoisotopic (exact) mass is 305 g/mol. The molecule has 0 bridgehead atoms. The summed E-state index contributed by atoms with van der Waals surface area (Å²) in [6, 6.07) is 14.7. The molecule has 0 aromatic heterocycles. The van der Waals surface area contributed by atoms with Crippen LogP contribution in [-0.2, 0) is 9.84 Å². The molecule has 0 unspecified atom stereocenters. The van der Waals surface area contributed by atoms with E-state index in [0.717, 1.165) is 11.3 Å². The second-order valence-corrected chi connectivity index (χ2v) is 6.84. The summed E-state index contributed by atoms with van der Waals surface area (Å²) in [6.07, 6.45) is 1.21. The number of sulfone groups is 1. The van der Waals surface area contributed by atoms with E-state index in [1.54, 1.807) is 24.3 Å². The number of hydrogen-bond acceptors (Lipinski definition) is 4. The molecule has 4 nitrogen and oxygen atoms in total. The van der Waals surface area contributed by atoms with Crippen molar-refractivity contribution in [3.8, 4) is 5.75 Å². The van der Waals surface area contributed by atoms with Gasteiger partial charge >= 0.3 is 0 Å². The predicted molar refractivity (Wildman–Crippen MR) is 84.7 cm³/mol. The highest BCUT2D eigenvalue weighted by Gasteiger charge is 2.11. The van der Waals surface area contributed by atoms with E-state index in [2.05, 4.69) is 5.32 Å². The minimum Gasteiger partial charge on any atom is -0.492 e. The normalized spacial score (nSPS) is 11.1. The molecule has 112 valence electrons. The van der Waals surface area contributed by atoms with Crippen molar-refractivity contribution in [1.82, 2.24) is 0 Å². The van der Waals surface area contributed by atoms with Gasteiger partial charge < -0.3 is 10.1 Å². The first-order chi connectivity index (χ1) is 9.97. The van der Waals surface area contributed by atoms with Crippen LogP contribution in [0.25, 0.3) is 0 Å². The van der Waals surface area contributed by atoms with Crippen LogP contribution in [0.15, 0.2) is 53.4 Å². The van der Waals surface area contributed by atoms with Gasteiger partial charge in [-0.15, -0.1) is 0 Å². The van der Waals surface area contributed by atoms with Crippen molar-refractivity contribution in [1.29, 1.82) is 0 Å². The number of nitrogens with one attached hydrogen (secondary N) is 1. The third-order valence-electron chi connectivity index (χ3n) is 2.96. The lowest BCUT2D eigenvalue weighted by atomic mass is 10.2. The average Bonchev–Trinajstić information content (AvgIpc) is 2.43. The maximum atomic E-state index is 11.7. The first-order valence-corrected chi connectivity index (χ1v) is 8.58. The van der Waals surface area contributed by atoms with Gasteiger partial charge in [-0.1, -0.05) is 24.3 Å². The number of aryl methyl sites for hydroxylation is 1. The van der Waals surface area contributed by atoms with E-state index < -0.39 is 9.84 Å². The Balaban J connectivity index is 1.93. The van der Waals surface area contributed by atoms with Crippen LogP contribution in [0.5, 0.6) is 5.75 Å². The molecule has 0 spiro atoms. The molecular formula is C16H19NO3S.